The molecule has 1 N–H and O–H groups in total. The summed E-state index contributed by atoms with van der Waals surface area (Å²) < 4.78 is 0. The molecule has 0 fully saturated rings. The van der Waals surface area contributed by atoms with Crippen molar-refractivity contribution in [3.63, 3.8) is 0 Å². The van der Waals surface area contributed by atoms with Crippen molar-refractivity contribution in [2.24, 2.45) is 11.3 Å². The second kappa shape index (κ2) is 8.03. The van der Waals surface area contributed by atoms with Gasteiger partial charge < -0.3 is 5.11 Å². The van der Waals surface area contributed by atoms with Crippen molar-refractivity contribution < 1.29 is 5.11 Å². The van der Waals surface area contributed by atoms with Crippen molar-refractivity contribution >= 4 is 15.9 Å². The summed E-state index contributed by atoms with van der Waals surface area (Å²) in [6.45, 7) is 9.68. The first-order valence-electron chi connectivity index (χ1n) is 6.90. The van der Waals surface area contributed by atoms with E-state index in [2.05, 4.69) is 65.9 Å². The highest BCUT2D eigenvalue weighted by Gasteiger charge is 2.25. The van der Waals surface area contributed by atoms with Crippen LogP contribution in [-0.2, 0) is 6.54 Å². The summed E-state index contributed by atoms with van der Waals surface area (Å²) in [5.41, 5.74) is 1.58. The van der Waals surface area contributed by atoms with Gasteiger partial charge in [0, 0.05) is 25.0 Å². The van der Waals surface area contributed by atoms with Gasteiger partial charge >= 0.3 is 0 Å². The van der Waals surface area contributed by atoms with Crippen molar-refractivity contribution in [1.29, 1.82) is 0 Å². The minimum Gasteiger partial charge on any atom is -0.395 e. The van der Waals surface area contributed by atoms with E-state index in [1.54, 1.807) is 0 Å². The largest absolute Gasteiger partial charge is 0.395 e. The monoisotopic (exact) mass is 327 g/mol. The first kappa shape index (κ1) is 16.7. The predicted octanol–water partition coefficient (Wildman–Crippen LogP) is 3.54. The summed E-state index contributed by atoms with van der Waals surface area (Å²) in [5, 5.41) is 10.2. The number of nitrogens with zero attached hydrogens (tertiary/aromatic N) is 1. The van der Waals surface area contributed by atoms with Crippen LogP contribution in [0.15, 0.2) is 30.3 Å². The van der Waals surface area contributed by atoms with E-state index in [0.29, 0.717) is 5.92 Å². The van der Waals surface area contributed by atoms with Crippen molar-refractivity contribution in [1.82, 2.24) is 4.90 Å². The van der Waals surface area contributed by atoms with Gasteiger partial charge in [0.15, 0.2) is 0 Å². The molecule has 0 aromatic heterocycles. The molecule has 2 nitrogen and oxygen atoms in total. The van der Waals surface area contributed by atoms with Crippen LogP contribution in [0.3, 0.4) is 0 Å². The Morgan fingerprint density at radius 1 is 1.21 bits per heavy atom. The minimum absolute atomic E-state index is 0.214. The normalized spacial score (nSPS) is 13.8. The number of hydrogen-bond donors (Lipinski definition) is 1. The Morgan fingerprint density at radius 2 is 1.84 bits per heavy atom. The summed E-state index contributed by atoms with van der Waals surface area (Å²) in [5.74, 6) is 0.572. The summed E-state index contributed by atoms with van der Waals surface area (Å²) in [7, 11) is 0. The summed E-state index contributed by atoms with van der Waals surface area (Å²) in [6, 6.07) is 10.5. The van der Waals surface area contributed by atoms with Crippen molar-refractivity contribution in [3.05, 3.63) is 35.9 Å². The maximum Gasteiger partial charge on any atom is 0.0558 e. The van der Waals surface area contributed by atoms with E-state index >= 15 is 0 Å². The predicted molar refractivity (Wildman–Crippen MR) is 85.5 cm³/mol. The topological polar surface area (TPSA) is 23.5 Å². The smallest absolute Gasteiger partial charge is 0.0558 e. The maximum atomic E-state index is 9.25. The van der Waals surface area contributed by atoms with Crippen LogP contribution in [0.25, 0.3) is 0 Å². The highest BCUT2D eigenvalue weighted by Crippen LogP contribution is 2.28. The van der Waals surface area contributed by atoms with E-state index in [4.69, 9.17) is 0 Å². The zero-order valence-corrected chi connectivity index (χ0v) is 13.9. The van der Waals surface area contributed by atoms with Crippen LogP contribution in [0.4, 0.5) is 0 Å². The summed E-state index contributed by atoms with van der Waals surface area (Å²) in [6.07, 6.45) is 0. The number of aliphatic hydroxyl groups excluding tert-OH is 1. The van der Waals surface area contributed by atoms with Gasteiger partial charge in [-0.3, -0.25) is 4.90 Å². The third-order valence-electron chi connectivity index (χ3n) is 3.55. The van der Waals surface area contributed by atoms with E-state index in [1.807, 2.05) is 6.07 Å². The molecule has 0 aliphatic carbocycles. The molecular formula is C16H26BrNO. The molecule has 108 valence electrons. The molecule has 1 unspecified atom stereocenters. The molecule has 0 bridgehead atoms. The third kappa shape index (κ3) is 6.07. The zero-order valence-electron chi connectivity index (χ0n) is 12.3. The molecule has 0 heterocycles. The first-order chi connectivity index (χ1) is 8.97. The van der Waals surface area contributed by atoms with Gasteiger partial charge in [-0.2, -0.15) is 0 Å². The van der Waals surface area contributed by atoms with E-state index in [9.17, 15) is 5.11 Å². The SMILES string of the molecule is CC(C)(C)C(CBr)CN(CCO)Cc1ccccc1. The van der Waals surface area contributed by atoms with Gasteiger partial charge in [0.25, 0.3) is 0 Å². The molecule has 0 aliphatic rings. The second-order valence-corrected chi connectivity index (χ2v) is 6.81. The van der Waals surface area contributed by atoms with Gasteiger partial charge in [-0.05, 0) is 16.9 Å². The molecule has 0 radical (unpaired) electrons. The number of hydrogen-bond acceptors (Lipinski definition) is 2. The van der Waals surface area contributed by atoms with Gasteiger partial charge in [0.2, 0.25) is 0 Å². The van der Waals surface area contributed by atoms with Crippen molar-refractivity contribution in [2.75, 3.05) is 25.0 Å². The summed E-state index contributed by atoms with van der Waals surface area (Å²) >= 11 is 3.63. The molecular weight excluding hydrogens is 302 g/mol. The number of halogens is 1. The number of benzene rings is 1. The fourth-order valence-electron chi connectivity index (χ4n) is 2.08. The molecule has 1 atom stereocenters. The van der Waals surface area contributed by atoms with Crippen LogP contribution in [0.5, 0.6) is 0 Å². The molecule has 0 aliphatic heterocycles. The lowest BCUT2D eigenvalue weighted by atomic mass is 9.81. The lowest BCUT2D eigenvalue weighted by Crippen LogP contribution is -2.37. The lowest BCUT2D eigenvalue weighted by Gasteiger charge is -2.34. The number of rotatable bonds is 7. The fraction of sp³-hybridized carbons (Fsp3) is 0.625. The van der Waals surface area contributed by atoms with Crippen LogP contribution in [-0.4, -0.2) is 35.0 Å². The Labute approximate surface area is 126 Å². The molecule has 1 aromatic rings. The highest BCUT2D eigenvalue weighted by atomic mass is 79.9. The maximum absolute atomic E-state index is 9.25. The van der Waals surface area contributed by atoms with Crippen LogP contribution in [0.1, 0.15) is 26.3 Å². The van der Waals surface area contributed by atoms with Crippen LogP contribution in [0, 0.1) is 11.3 Å². The van der Waals surface area contributed by atoms with Crippen LogP contribution in [0.2, 0.25) is 0 Å². The average molecular weight is 328 g/mol. The fourth-order valence-corrected chi connectivity index (χ4v) is 3.26. The molecule has 19 heavy (non-hydrogen) atoms. The lowest BCUT2D eigenvalue weighted by molar-refractivity contribution is 0.134. The zero-order chi connectivity index (χ0) is 14.3. The third-order valence-corrected chi connectivity index (χ3v) is 4.34. The Hall–Kier alpha value is -0.380. The summed E-state index contributed by atoms with van der Waals surface area (Å²) in [4.78, 5) is 2.34. The van der Waals surface area contributed by atoms with Crippen molar-refractivity contribution in [3.8, 4) is 0 Å². The quantitative estimate of drug-likeness (QED) is 0.774. The number of aliphatic hydroxyl groups is 1. The van der Waals surface area contributed by atoms with E-state index in [1.165, 1.54) is 5.56 Å². The molecule has 0 amide bonds. The minimum atomic E-state index is 0.214. The van der Waals surface area contributed by atoms with Gasteiger partial charge in [0.1, 0.15) is 0 Å². The van der Waals surface area contributed by atoms with Gasteiger partial charge in [-0.15, -0.1) is 0 Å². The average Bonchev–Trinajstić information content (AvgIpc) is 2.35. The molecule has 3 heteroatoms. The standard InChI is InChI=1S/C16H26BrNO/c1-16(2,3)15(11-17)13-18(9-10-19)12-14-7-5-4-6-8-14/h4-8,15,19H,9-13H2,1-3H3. The van der Waals surface area contributed by atoms with E-state index < -0.39 is 0 Å². The van der Waals surface area contributed by atoms with Gasteiger partial charge in [-0.25, -0.2) is 0 Å². The first-order valence-corrected chi connectivity index (χ1v) is 8.02. The Bertz CT molecular complexity index is 348. The Balaban J connectivity index is 2.67. The number of alkyl halides is 1. The molecule has 0 saturated carbocycles. The van der Waals surface area contributed by atoms with Gasteiger partial charge in [0.05, 0.1) is 6.61 Å². The van der Waals surface area contributed by atoms with E-state index in [0.717, 1.165) is 25.0 Å². The van der Waals surface area contributed by atoms with Gasteiger partial charge in [-0.1, -0.05) is 67.0 Å². The molecule has 1 aromatic carbocycles. The Morgan fingerprint density at radius 3 is 2.32 bits per heavy atom. The second-order valence-electron chi connectivity index (χ2n) is 6.16. The van der Waals surface area contributed by atoms with Crippen LogP contribution < -0.4 is 0 Å². The molecule has 1 rings (SSSR count). The molecule has 0 saturated heterocycles. The van der Waals surface area contributed by atoms with Crippen molar-refractivity contribution in [2.45, 2.75) is 27.3 Å². The highest BCUT2D eigenvalue weighted by molar-refractivity contribution is 9.09. The molecule has 0 spiro atoms. The Kier molecular flexibility index (Phi) is 7.05. The van der Waals surface area contributed by atoms with Crippen LogP contribution >= 0.6 is 15.9 Å². The van der Waals surface area contributed by atoms with E-state index in [-0.39, 0.29) is 12.0 Å².